The minimum Gasteiger partial charge on any atom is -0.476 e. The van der Waals surface area contributed by atoms with E-state index in [0.29, 0.717) is 0 Å². The Hall–Kier alpha value is -1.58. The van der Waals surface area contributed by atoms with Gasteiger partial charge in [-0.05, 0) is 32.1 Å². The van der Waals surface area contributed by atoms with Crippen LogP contribution in [0.15, 0.2) is 24.2 Å². The van der Waals surface area contributed by atoms with Gasteiger partial charge in [0.05, 0.1) is 6.33 Å². The van der Waals surface area contributed by atoms with Gasteiger partial charge in [0.1, 0.15) is 0 Å². The van der Waals surface area contributed by atoms with E-state index in [2.05, 4.69) is 11.1 Å². The standard InChI is InChI=1S/C12H16N2O2/c15-12(16)11-8-14(9-13-11)7-6-10-4-2-1-3-5-10/h4,8-9H,1-3,5-7H2,(H,15,16). The lowest BCUT2D eigenvalue weighted by Gasteiger charge is -2.12. The monoisotopic (exact) mass is 220 g/mol. The minimum atomic E-state index is -0.962. The molecule has 1 N–H and O–H groups in total. The first kappa shape index (κ1) is 10.9. The molecule has 0 spiro atoms. The summed E-state index contributed by atoms with van der Waals surface area (Å²) in [6.07, 6.45) is 11.5. The molecule has 0 saturated heterocycles. The number of hydrogen-bond donors (Lipinski definition) is 1. The molecule has 0 saturated carbocycles. The van der Waals surface area contributed by atoms with Gasteiger partial charge in [-0.25, -0.2) is 9.78 Å². The smallest absolute Gasteiger partial charge is 0.356 e. The van der Waals surface area contributed by atoms with Crippen molar-refractivity contribution in [2.75, 3.05) is 0 Å². The summed E-state index contributed by atoms with van der Waals surface area (Å²) in [5.74, 6) is -0.962. The molecular formula is C12H16N2O2. The Bertz CT molecular complexity index is 407. The molecule has 1 aliphatic carbocycles. The Balaban J connectivity index is 1.89. The summed E-state index contributed by atoms with van der Waals surface area (Å²) in [4.78, 5) is 14.5. The van der Waals surface area contributed by atoms with Gasteiger partial charge in [-0.15, -0.1) is 0 Å². The van der Waals surface area contributed by atoms with Crippen LogP contribution in [0, 0.1) is 0 Å². The molecule has 1 aromatic heterocycles. The Morgan fingerprint density at radius 1 is 1.50 bits per heavy atom. The zero-order valence-electron chi connectivity index (χ0n) is 9.22. The molecule has 0 unspecified atom stereocenters. The van der Waals surface area contributed by atoms with Crippen LogP contribution in [0.25, 0.3) is 0 Å². The third-order valence-corrected chi connectivity index (χ3v) is 2.93. The lowest BCUT2D eigenvalue weighted by Crippen LogP contribution is -2.00. The molecule has 0 fully saturated rings. The highest BCUT2D eigenvalue weighted by Crippen LogP contribution is 2.20. The Kier molecular flexibility index (Phi) is 3.39. The molecule has 2 rings (SSSR count). The summed E-state index contributed by atoms with van der Waals surface area (Å²) < 4.78 is 1.85. The molecule has 16 heavy (non-hydrogen) atoms. The van der Waals surface area contributed by atoms with Crippen LogP contribution in [0.5, 0.6) is 0 Å². The van der Waals surface area contributed by atoms with Crippen molar-refractivity contribution in [1.29, 1.82) is 0 Å². The topological polar surface area (TPSA) is 55.1 Å². The number of allylic oxidation sites excluding steroid dienone is 2. The molecule has 1 aromatic rings. The summed E-state index contributed by atoms with van der Waals surface area (Å²) in [5, 5.41) is 8.73. The highest BCUT2D eigenvalue weighted by molar-refractivity contribution is 5.84. The molecule has 4 nitrogen and oxygen atoms in total. The van der Waals surface area contributed by atoms with E-state index in [1.165, 1.54) is 31.3 Å². The molecular weight excluding hydrogens is 204 g/mol. The van der Waals surface area contributed by atoms with Gasteiger partial charge in [-0.2, -0.15) is 0 Å². The molecule has 0 aliphatic heterocycles. The first-order valence-electron chi connectivity index (χ1n) is 5.68. The van der Waals surface area contributed by atoms with Crippen LogP contribution in [0.3, 0.4) is 0 Å². The van der Waals surface area contributed by atoms with Crippen molar-refractivity contribution >= 4 is 5.97 Å². The molecule has 0 atom stereocenters. The van der Waals surface area contributed by atoms with Crippen LogP contribution in [-0.4, -0.2) is 20.6 Å². The van der Waals surface area contributed by atoms with Crippen LogP contribution >= 0.6 is 0 Å². The number of aromatic carboxylic acids is 1. The first-order valence-corrected chi connectivity index (χ1v) is 5.68. The molecule has 0 aromatic carbocycles. The van der Waals surface area contributed by atoms with Crippen LogP contribution in [-0.2, 0) is 6.54 Å². The van der Waals surface area contributed by atoms with Gasteiger partial charge in [-0.1, -0.05) is 11.6 Å². The average Bonchev–Trinajstić information content (AvgIpc) is 2.76. The lowest BCUT2D eigenvalue weighted by atomic mass is 9.97. The van der Waals surface area contributed by atoms with E-state index in [1.54, 1.807) is 12.5 Å². The highest BCUT2D eigenvalue weighted by atomic mass is 16.4. The number of nitrogens with zero attached hydrogens (tertiary/aromatic N) is 2. The van der Waals surface area contributed by atoms with E-state index in [9.17, 15) is 4.79 Å². The van der Waals surface area contributed by atoms with Crippen LogP contribution in [0.2, 0.25) is 0 Å². The molecule has 0 amide bonds. The zero-order valence-corrected chi connectivity index (χ0v) is 9.22. The maximum atomic E-state index is 10.6. The third kappa shape index (κ3) is 2.72. The van der Waals surface area contributed by atoms with Crippen molar-refractivity contribution in [1.82, 2.24) is 9.55 Å². The summed E-state index contributed by atoms with van der Waals surface area (Å²) in [7, 11) is 0. The van der Waals surface area contributed by atoms with Gasteiger partial charge < -0.3 is 9.67 Å². The van der Waals surface area contributed by atoms with Crippen LogP contribution in [0.1, 0.15) is 42.6 Å². The Morgan fingerprint density at radius 3 is 3.00 bits per heavy atom. The number of carboxylic acid groups (broad SMARTS) is 1. The fourth-order valence-electron chi connectivity index (χ4n) is 2.00. The molecule has 86 valence electrons. The minimum absolute atomic E-state index is 0.123. The number of imidazole rings is 1. The maximum Gasteiger partial charge on any atom is 0.356 e. The van der Waals surface area contributed by atoms with Crippen molar-refractivity contribution in [2.45, 2.75) is 38.6 Å². The normalized spacial score (nSPS) is 15.9. The van der Waals surface area contributed by atoms with Gasteiger partial charge in [-0.3, -0.25) is 0 Å². The van der Waals surface area contributed by atoms with Crippen molar-refractivity contribution in [3.05, 3.63) is 29.9 Å². The number of aryl methyl sites for hydroxylation is 1. The zero-order chi connectivity index (χ0) is 11.4. The molecule has 4 heteroatoms. The van der Waals surface area contributed by atoms with E-state index in [1.807, 2.05) is 4.57 Å². The van der Waals surface area contributed by atoms with E-state index < -0.39 is 5.97 Å². The maximum absolute atomic E-state index is 10.6. The quantitative estimate of drug-likeness (QED) is 0.793. The first-order chi connectivity index (χ1) is 7.75. The van der Waals surface area contributed by atoms with Gasteiger partial charge in [0, 0.05) is 12.7 Å². The van der Waals surface area contributed by atoms with E-state index in [4.69, 9.17) is 5.11 Å². The Labute approximate surface area is 94.6 Å². The second-order valence-electron chi connectivity index (χ2n) is 4.16. The summed E-state index contributed by atoms with van der Waals surface area (Å²) >= 11 is 0. The number of rotatable bonds is 4. The summed E-state index contributed by atoms with van der Waals surface area (Å²) in [5.41, 5.74) is 1.62. The van der Waals surface area contributed by atoms with E-state index in [0.717, 1.165) is 13.0 Å². The fraction of sp³-hybridized carbons (Fsp3) is 0.500. The van der Waals surface area contributed by atoms with Gasteiger partial charge >= 0.3 is 5.97 Å². The third-order valence-electron chi connectivity index (χ3n) is 2.93. The predicted octanol–water partition coefficient (Wildman–Crippen LogP) is 2.47. The van der Waals surface area contributed by atoms with Crippen LogP contribution < -0.4 is 0 Å². The van der Waals surface area contributed by atoms with Gasteiger partial charge in [0.2, 0.25) is 0 Å². The number of carboxylic acids is 1. The summed E-state index contributed by atoms with van der Waals surface area (Å²) in [6.45, 7) is 0.826. The van der Waals surface area contributed by atoms with E-state index in [-0.39, 0.29) is 5.69 Å². The van der Waals surface area contributed by atoms with Crippen molar-refractivity contribution in [3.8, 4) is 0 Å². The average molecular weight is 220 g/mol. The molecule has 0 bridgehead atoms. The largest absolute Gasteiger partial charge is 0.476 e. The van der Waals surface area contributed by atoms with E-state index >= 15 is 0 Å². The summed E-state index contributed by atoms with van der Waals surface area (Å²) in [6, 6.07) is 0. The SMILES string of the molecule is O=C(O)c1cn(CCC2=CCCCC2)cn1. The Morgan fingerprint density at radius 2 is 2.38 bits per heavy atom. The van der Waals surface area contributed by atoms with Gasteiger partial charge in [0.25, 0.3) is 0 Å². The number of aromatic nitrogens is 2. The predicted molar refractivity (Wildman–Crippen MR) is 60.4 cm³/mol. The molecule has 1 heterocycles. The second-order valence-corrected chi connectivity index (χ2v) is 4.16. The second kappa shape index (κ2) is 4.96. The fourth-order valence-corrected chi connectivity index (χ4v) is 2.00. The van der Waals surface area contributed by atoms with Crippen molar-refractivity contribution in [2.24, 2.45) is 0 Å². The van der Waals surface area contributed by atoms with Crippen molar-refractivity contribution < 1.29 is 9.90 Å². The number of hydrogen-bond acceptors (Lipinski definition) is 2. The number of carbonyl (C=O) groups is 1. The lowest BCUT2D eigenvalue weighted by molar-refractivity contribution is 0.0691. The highest BCUT2D eigenvalue weighted by Gasteiger charge is 2.07. The van der Waals surface area contributed by atoms with Crippen LogP contribution in [0.4, 0.5) is 0 Å². The molecule has 1 aliphatic rings. The van der Waals surface area contributed by atoms with Crippen molar-refractivity contribution in [3.63, 3.8) is 0 Å². The molecule has 0 radical (unpaired) electrons. The van der Waals surface area contributed by atoms with Gasteiger partial charge in [0.15, 0.2) is 5.69 Å².